The average molecular weight is 503 g/mol. The van der Waals surface area contributed by atoms with Gasteiger partial charge in [-0.15, -0.1) is 0 Å². The summed E-state index contributed by atoms with van der Waals surface area (Å²) in [4.78, 5) is 22.4. The molecule has 0 aliphatic rings. The Morgan fingerprint density at radius 1 is 0.968 bits per heavy atom. The van der Waals surface area contributed by atoms with Gasteiger partial charge in [-0.2, -0.15) is 5.10 Å². The smallest absolute Gasteiger partial charge is 0.271 e. The van der Waals surface area contributed by atoms with E-state index in [9.17, 15) is 23.3 Å². The Kier molecular flexibility index (Phi) is 6.78. The number of nitrogens with zero attached hydrogens (tertiary/aromatic N) is 2. The number of nitro benzene ring substituents is 1. The van der Waals surface area contributed by atoms with E-state index in [0.29, 0.717) is 11.3 Å². The fourth-order valence-electron chi connectivity index (χ4n) is 2.43. The number of anilines is 1. The number of carbonyl (C=O) groups excluding carboxylic acids is 1. The summed E-state index contributed by atoms with van der Waals surface area (Å²) >= 11 is 3.25. The summed E-state index contributed by atoms with van der Waals surface area (Å²) in [5, 5.41) is 14.4. The molecule has 0 fully saturated rings. The molecule has 0 atom stereocenters. The first-order chi connectivity index (χ1) is 14.7. The third-order valence-electron chi connectivity index (χ3n) is 4.01. The minimum Gasteiger partial charge on any atom is -0.280 e. The van der Waals surface area contributed by atoms with Crippen molar-refractivity contribution in [2.45, 2.75) is 4.90 Å². The van der Waals surface area contributed by atoms with Crippen LogP contribution in [0.25, 0.3) is 0 Å². The first-order valence-electron chi connectivity index (χ1n) is 8.71. The van der Waals surface area contributed by atoms with Gasteiger partial charge >= 0.3 is 0 Å². The van der Waals surface area contributed by atoms with Crippen LogP contribution in [0.15, 0.2) is 87.3 Å². The Hall–Kier alpha value is -3.57. The van der Waals surface area contributed by atoms with Crippen LogP contribution in [0.5, 0.6) is 0 Å². The van der Waals surface area contributed by atoms with Gasteiger partial charge in [0, 0.05) is 27.9 Å². The Balaban J connectivity index is 1.60. The Bertz CT molecular complexity index is 1230. The second kappa shape index (κ2) is 9.49. The zero-order valence-electron chi connectivity index (χ0n) is 15.7. The van der Waals surface area contributed by atoms with Crippen LogP contribution in [0, 0.1) is 10.1 Å². The van der Waals surface area contributed by atoms with Crippen LogP contribution < -0.4 is 10.1 Å². The van der Waals surface area contributed by atoms with Crippen LogP contribution in [0.4, 0.5) is 11.4 Å². The molecule has 158 valence electrons. The van der Waals surface area contributed by atoms with E-state index in [2.05, 4.69) is 31.2 Å². The number of rotatable bonds is 7. The number of hydrazone groups is 1. The molecule has 11 heteroatoms. The zero-order chi connectivity index (χ0) is 22.4. The summed E-state index contributed by atoms with van der Waals surface area (Å²) in [6, 6.07) is 17.7. The fraction of sp³-hybridized carbons (Fsp3) is 0. The minimum absolute atomic E-state index is 0.0444. The highest BCUT2D eigenvalue weighted by Gasteiger charge is 2.14. The third-order valence-corrected chi connectivity index (χ3v) is 5.93. The fourth-order valence-corrected chi connectivity index (χ4v) is 3.75. The van der Waals surface area contributed by atoms with Gasteiger partial charge in [-0.25, -0.2) is 13.8 Å². The standard InChI is InChI=1S/C20H15BrN4O5S/c21-16-5-11-19(12-6-16)31(29,30)24-17-7-3-15(4-8-17)20(26)23-22-13-14-1-9-18(10-2-14)25(27)28/h1-13,24H,(H,23,26)/b22-13+. The molecule has 31 heavy (non-hydrogen) atoms. The van der Waals surface area contributed by atoms with Gasteiger partial charge in [-0.1, -0.05) is 15.9 Å². The van der Waals surface area contributed by atoms with Crippen molar-refractivity contribution in [3.63, 3.8) is 0 Å². The van der Waals surface area contributed by atoms with Crippen LogP contribution in [-0.2, 0) is 10.0 Å². The van der Waals surface area contributed by atoms with Crippen molar-refractivity contribution in [1.29, 1.82) is 0 Å². The Morgan fingerprint density at radius 2 is 1.58 bits per heavy atom. The molecule has 0 saturated carbocycles. The monoisotopic (exact) mass is 502 g/mol. The van der Waals surface area contributed by atoms with Crippen molar-refractivity contribution in [3.8, 4) is 0 Å². The van der Waals surface area contributed by atoms with Crippen LogP contribution in [-0.4, -0.2) is 25.5 Å². The quantitative estimate of drug-likeness (QED) is 0.287. The van der Waals surface area contributed by atoms with Crippen molar-refractivity contribution in [2.75, 3.05) is 4.72 Å². The molecule has 3 aromatic carbocycles. The molecule has 0 spiro atoms. The Labute approximate surface area is 186 Å². The summed E-state index contributed by atoms with van der Waals surface area (Å²) < 4.78 is 28.0. The molecular weight excluding hydrogens is 488 g/mol. The van der Waals surface area contributed by atoms with Crippen molar-refractivity contribution in [2.24, 2.45) is 5.10 Å². The van der Waals surface area contributed by atoms with E-state index >= 15 is 0 Å². The topological polar surface area (TPSA) is 131 Å². The molecule has 0 unspecified atom stereocenters. The van der Waals surface area contributed by atoms with E-state index in [1.807, 2.05) is 0 Å². The lowest BCUT2D eigenvalue weighted by atomic mass is 10.2. The van der Waals surface area contributed by atoms with Gasteiger partial charge in [-0.05, 0) is 66.2 Å². The lowest BCUT2D eigenvalue weighted by Crippen LogP contribution is -2.18. The number of benzene rings is 3. The van der Waals surface area contributed by atoms with Gasteiger partial charge in [0.1, 0.15) is 0 Å². The largest absolute Gasteiger partial charge is 0.280 e. The maximum Gasteiger partial charge on any atom is 0.271 e. The molecule has 0 heterocycles. The predicted molar refractivity (Wildman–Crippen MR) is 120 cm³/mol. The second-order valence-electron chi connectivity index (χ2n) is 6.18. The zero-order valence-corrected chi connectivity index (χ0v) is 18.1. The van der Waals surface area contributed by atoms with Gasteiger partial charge in [0.2, 0.25) is 0 Å². The van der Waals surface area contributed by atoms with E-state index < -0.39 is 20.9 Å². The number of hydrogen-bond donors (Lipinski definition) is 2. The van der Waals surface area contributed by atoms with Crippen molar-refractivity contribution < 1.29 is 18.1 Å². The highest BCUT2D eigenvalue weighted by atomic mass is 79.9. The van der Waals surface area contributed by atoms with E-state index in [1.54, 1.807) is 12.1 Å². The molecule has 0 aliphatic carbocycles. The lowest BCUT2D eigenvalue weighted by Gasteiger charge is -2.09. The maximum absolute atomic E-state index is 12.4. The number of halogens is 1. The lowest BCUT2D eigenvalue weighted by molar-refractivity contribution is -0.384. The van der Waals surface area contributed by atoms with Gasteiger partial charge in [0.25, 0.3) is 21.6 Å². The van der Waals surface area contributed by atoms with Crippen LogP contribution >= 0.6 is 15.9 Å². The molecule has 0 aromatic heterocycles. The third kappa shape index (κ3) is 5.96. The van der Waals surface area contributed by atoms with E-state index in [-0.39, 0.29) is 16.1 Å². The number of nitrogens with one attached hydrogen (secondary N) is 2. The Morgan fingerprint density at radius 3 is 2.16 bits per heavy atom. The highest BCUT2D eigenvalue weighted by molar-refractivity contribution is 9.10. The molecule has 9 nitrogen and oxygen atoms in total. The van der Waals surface area contributed by atoms with Crippen molar-refractivity contribution >= 4 is 49.4 Å². The summed E-state index contributed by atoms with van der Waals surface area (Å²) in [6.07, 6.45) is 1.35. The normalized spacial score (nSPS) is 11.3. The number of amides is 1. The SMILES string of the molecule is O=C(N/N=C/c1ccc([N+](=O)[O-])cc1)c1ccc(NS(=O)(=O)c2ccc(Br)cc2)cc1. The molecule has 3 rings (SSSR count). The summed E-state index contributed by atoms with van der Waals surface area (Å²) in [5.41, 5.74) is 3.44. The molecule has 3 aromatic rings. The minimum atomic E-state index is -3.75. The summed E-state index contributed by atoms with van der Waals surface area (Å²) in [5.74, 6) is -0.500. The molecule has 0 bridgehead atoms. The van der Waals surface area contributed by atoms with Crippen molar-refractivity contribution in [1.82, 2.24) is 5.43 Å². The van der Waals surface area contributed by atoms with Gasteiger partial charge in [0.05, 0.1) is 16.0 Å². The molecule has 0 saturated heterocycles. The number of nitro groups is 1. The van der Waals surface area contributed by atoms with Gasteiger partial charge in [-0.3, -0.25) is 19.6 Å². The average Bonchev–Trinajstić information content (AvgIpc) is 2.74. The molecule has 0 aliphatic heterocycles. The molecule has 0 radical (unpaired) electrons. The number of hydrogen-bond acceptors (Lipinski definition) is 6. The van der Waals surface area contributed by atoms with E-state index in [1.165, 1.54) is 66.9 Å². The van der Waals surface area contributed by atoms with Crippen LogP contribution in [0.2, 0.25) is 0 Å². The molecule has 2 N–H and O–H groups in total. The number of carbonyl (C=O) groups is 1. The first-order valence-corrected chi connectivity index (χ1v) is 11.0. The summed E-state index contributed by atoms with van der Waals surface area (Å²) in [6.45, 7) is 0. The van der Waals surface area contributed by atoms with Crippen molar-refractivity contribution in [3.05, 3.63) is 98.5 Å². The first kappa shape index (κ1) is 22.1. The highest BCUT2D eigenvalue weighted by Crippen LogP contribution is 2.19. The summed E-state index contributed by atoms with van der Waals surface area (Å²) in [7, 11) is -3.75. The van der Waals surface area contributed by atoms with Crippen LogP contribution in [0.3, 0.4) is 0 Å². The van der Waals surface area contributed by atoms with Gasteiger partial charge < -0.3 is 0 Å². The maximum atomic E-state index is 12.4. The van der Waals surface area contributed by atoms with Gasteiger partial charge in [0.15, 0.2) is 0 Å². The predicted octanol–water partition coefficient (Wildman–Crippen LogP) is 3.92. The molecular formula is C20H15BrN4O5S. The number of non-ortho nitro benzene ring substituents is 1. The second-order valence-corrected chi connectivity index (χ2v) is 8.78. The molecule has 1 amide bonds. The number of sulfonamides is 1. The van der Waals surface area contributed by atoms with E-state index in [4.69, 9.17) is 0 Å². The van der Waals surface area contributed by atoms with Crippen LogP contribution in [0.1, 0.15) is 15.9 Å². The van der Waals surface area contributed by atoms with E-state index in [0.717, 1.165) is 4.47 Å².